The number of Topliss-reactive ketones (excluding diaryl/α,β-unsaturated/α-hetero) is 1. The van der Waals surface area contributed by atoms with Gasteiger partial charge in [-0.2, -0.15) is 23.4 Å². The molecule has 0 saturated carbocycles. The number of hydrogen-bond donors (Lipinski definition) is 0. The van der Waals surface area contributed by atoms with Gasteiger partial charge in [0, 0.05) is 0 Å². The minimum Gasteiger partial charge on any atom is -0.464 e. The van der Waals surface area contributed by atoms with Gasteiger partial charge in [0.2, 0.25) is 6.04 Å². The van der Waals surface area contributed by atoms with Crippen molar-refractivity contribution in [1.82, 2.24) is 0 Å². The van der Waals surface area contributed by atoms with E-state index < -0.39 is 24.0 Å². The summed E-state index contributed by atoms with van der Waals surface area (Å²) < 4.78 is 41.5. The van der Waals surface area contributed by atoms with Gasteiger partial charge in [-0.3, -0.25) is 4.79 Å². The fraction of sp³-hybridized carbons (Fsp3) is 0.333. The van der Waals surface area contributed by atoms with Gasteiger partial charge in [0.25, 0.3) is 5.78 Å². The number of carbonyl (C=O) groups excluding carboxylic acids is 2. The number of benzene rings is 1. The molecule has 1 rings (SSSR count). The third-order valence-electron chi connectivity index (χ3n) is 2.08. The summed E-state index contributed by atoms with van der Waals surface area (Å²) in [6.45, 7) is 1.24. The predicted molar refractivity (Wildman–Crippen MR) is 62.4 cm³/mol. The van der Waals surface area contributed by atoms with Gasteiger partial charge in [-0.1, -0.05) is 18.2 Å². The van der Waals surface area contributed by atoms with Crippen molar-refractivity contribution in [2.75, 3.05) is 6.61 Å². The topological polar surface area (TPSA) is 68.1 Å². The van der Waals surface area contributed by atoms with Crippen LogP contribution in [0.2, 0.25) is 0 Å². The summed E-state index contributed by atoms with van der Waals surface area (Å²) in [5, 5.41) is 6.61. The van der Waals surface area contributed by atoms with Crippen LogP contribution in [0.3, 0.4) is 0 Å². The van der Waals surface area contributed by atoms with Gasteiger partial charge < -0.3 is 4.74 Å². The zero-order chi connectivity index (χ0) is 15.2. The van der Waals surface area contributed by atoms with E-state index in [9.17, 15) is 22.8 Å². The summed E-state index contributed by atoms with van der Waals surface area (Å²) in [5.74, 6) is -3.69. The molecule has 5 nitrogen and oxygen atoms in total. The second kappa shape index (κ2) is 6.78. The lowest BCUT2D eigenvalue weighted by Crippen LogP contribution is -2.39. The fourth-order valence-electron chi connectivity index (χ4n) is 1.20. The van der Waals surface area contributed by atoms with Gasteiger partial charge in [-0.05, 0) is 19.1 Å². The van der Waals surface area contributed by atoms with E-state index in [0.717, 1.165) is 0 Å². The monoisotopic (exact) mass is 288 g/mol. The molecule has 1 aromatic rings. The number of esters is 1. The molecule has 0 radical (unpaired) electrons. The van der Waals surface area contributed by atoms with Crippen LogP contribution < -0.4 is 0 Å². The van der Waals surface area contributed by atoms with Crippen molar-refractivity contribution >= 4 is 17.4 Å². The van der Waals surface area contributed by atoms with E-state index in [1.807, 2.05) is 0 Å². The number of ketones is 1. The van der Waals surface area contributed by atoms with E-state index in [1.54, 1.807) is 18.2 Å². The molecular weight excluding hydrogens is 277 g/mol. The molecular formula is C12H11F3N2O3. The van der Waals surface area contributed by atoms with Crippen LogP contribution >= 0.6 is 0 Å². The maximum absolute atomic E-state index is 12.4. The summed E-state index contributed by atoms with van der Waals surface area (Å²) in [6, 6.07) is 5.42. The molecule has 108 valence electrons. The van der Waals surface area contributed by atoms with Gasteiger partial charge in [0.15, 0.2) is 0 Å². The first kappa shape index (κ1) is 15.8. The van der Waals surface area contributed by atoms with Crippen LogP contribution in [0.5, 0.6) is 0 Å². The van der Waals surface area contributed by atoms with Gasteiger partial charge in [-0.15, -0.1) is 0 Å². The highest BCUT2D eigenvalue weighted by atomic mass is 19.4. The Bertz CT molecular complexity index is 500. The van der Waals surface area contributed by atoms with Gasteiger partial charge >= 0.3 is 12.1 Å². The van der Waals surface area contributed by atoms with E-state index in [2.05, 4.69) is 15.0 Å². The quantitative estimate of drug-likeness (QED) is 0.475. The highest BCUT2D eigenvalue weighted by Crippen LogP contribution is 2.21. The number of carbonyl (C=O) groups is 2. The van der Waals surface area contributed by atoms with Crippen molar-refractivity contribution in [3.8, 4) is 0 Å². The van der Waals surface area contributed by atoms with Crippen LogP contribution in [0, 0.1) is 0 Å². The molecule has 1 atom stereocenters. The molecule has 0 N–H and O–H groups in total. The Labute approximate surface area is 112 Å². The van der Waals surface area contributed by atoms with Crippen LogP contribution in [-0.2, 0) is 14.3 Å². The Hall–Kier alpha value is -2.25. The number of hydrogen-bond acceptors (Lipinski definition) is 5. The molecule has 20 heavy (non-hydrogen) atoms. The van der Waals surface area contributed by atoms with Crippen LogP contribution in [0.4, 0.5) is 18.9 Å². The van der Waals surface area contributed by atoms with E-state index in [0.29, 0.717) is 0 Å². The molecule has 0 amide bonds. The molecule has 1 aromatic carbocycles. The summed E-state index contributed by atoms with van der Waals surface area (Å²) in [4.78, 5) is 22.5. The van der Waals surface area contributed by atoms with Crippen molar-refractivity contribution in [3.63, 3.8) is 0 Å². The highest BCUT2D eigenvalue weighted by Gasteiger charge is 2.47. The van der Waals surface area contributed by atoms with E-state index in [4.69, 9.17) is 0 Å². The Morgan fingerprint density at radius 2 is 1.85 bits per heavy atom. The molecule has 0 bridgehead atoms. The molecule has 0 aromatic heterocycles. The third-order valence-corrected chi connectivity index (χ3v) is 2.08. The molecule has 1 unspecified atom stereocenters. The zero-order valence-electron chi connectivity index (χ0n) is 10.4. The Morgan fingerprint density at radius 1 is 1.25 bits per heavy atom. The van der Waals surface area contributed by atoms with Crippen LogP contribution in [-0.4, -0.2) is 30.6 Å². The Balaban J connectivity index is 2.97. The maximum Gasteiger partial charge on any atom is 0.453 e. The smallest absolute Gasteiger partial charge is 0.453 e. The lowest BCUT2D eigenvalue weighted by molar-refractivity contribution is -0.176. The number of rotatable bonds is 5. The summed E-state index contributed by atoms with van der Waals surface area (Å²) in [7, 11) is 0. The molecule has 0 aliphatic heterocycles. The second-order valence-corrected chi connectivity index (χ2v) is 3.57. The lowest BCUT2D eigenvalue weighted by Gasteiger charge is -2.11. The van der Waals surface area contributed by atoms with Crippen LogP contribution in [0.25, 0.3) is 0 Å². The van der Waals surface area contributed by atoms with Crippen molar-refractivity contribution in [2.24, 2.45) is 10.2 Å². The minimum atomic E-state index is -5.19. The number of halogens is 3. The zero-order valence-corrected chi connectivity index (χ0v) is 10.4. The number of nitrogens with zero attached hydrogens (tertiary/aromatic N) is 2. The number of ether oxygens (including phenoxy) is 1. The van der Waals surface area contributed by atoms with Crippen molar-refractivity contribution in [2.45, 2.75) is 19.1 Å². The number of azo groups is 1. The first-order chi connectivity index (χ1) is 9.36. The molecule has 0 fully saturated rings. The first-order valence-corrected chi connectivity index (χ1v) is 5.59. The molecule has 0 heterocycles. The average molecular weight is 288 g/mol. The maximum atomic E-state index is 12.4. The molecule has 0 saturated heterocycles. The van der Waals surface area contributed by atoms with E-state index in [-0.39, 0.29) is 12.3 Å². The predicted octanol–water partition coefficient (Wildman–Crippen LogP) is 2.83. The summed E-state index contributed by atoms with van der Waals surface area (Å²) in [5.41, 5.74) is 0.219. The van der Waals surface area contributed by atoms with Gasteiger partial charge in [0.05, 0.1) is 12.3 Å². The Morgan fingerprint density at radius 3 is 2.35 bits per heavy atom. The largest absolute Gasteiger partial charge is 0.464 e. The SMILES string of the molecule is CCOC(=O)C(/N=N/c1ccccc1)C(=O)C(F)(F)F. The summed E-state index contributed by atoms with van der Waals surface area (Å²) >= 11 is 0. The average Bonchev–Trinajstić information content (AvgIpc) is 2.39. The van der Waals surface area contributed by atoms with Crippen LogP contribution in [0.15, 0.2) is 40.6 Å². The standard InChI is InChI=1S/C12H11F3N2O3/c1-2-20-11(19)9(10(18)12(13,14)15)17-16-8-6-4-3-5-7-8/h3-7,9H,2H2,1H3/b17-16+. The minimum absolute atomic E-state index is 0.165. The van der Waals surface area contributed by atoms with E-state index in [1.165, 1.54) is 19.1 Å². The third kappa shape index (κ3) is 4.45. The fourth-order valence-corrected chi connectivity index (χ4v) is 1.20. The molecule has 0 spiro atoms. The molecule has 0 aliphatic rings. The normalized spacial score (nSPS) is 13.2. The van der Waals surface area contributed by atoms with Crippen molar-refractivity contribution in [3.05, 3.63) is 30.3 Å². The van der Waals surface area contributed by atoms with Crippen LogP contribution in [0.1, 0.15) is 6.92 Å². The lowest BCUT2D eigenvalue weighted by atomic mass is 10.2. The highest BCUT2D eigenvalue weighted by molar-refractivity contribution is 6.05. The van der Waals surface area contributed by atoms with Gasteiger partial charge in [-0.25, -0.2) is 4.79 Å². The van der Waals surface area contributed by atoms with Crippen molar-refractivity contribution in [1.29, 1.82) is 0 Å². The molecule has 8 heteroatoms. The summed E-state index contributed by atoms with van der Waals surface area (Å²) in [6.07, 6.45) is -5.19. The molecule has 0 aliphatic carbocycles. The first-order valence-electron chi connectivity index (χ1n) is 5.59. The Kier molecular flexibility index (Phi) is 5.36. The van der Waals surface area contributed by atoms with E-state index >= 15 is 0 Å². The number of alkyl halides is 3. The van der Waals surface area contributed by atoms with Crippen molar-refractivity contribution < 1.29 is 27.5 Å². The van der Waals surface area contributed by atoms with Gasteiger partial charge in [0.1, 0.15) is 0 Å². The second-order valence-electron chi connectivity index (χ2n) is 3.57.